The Balaban J connectivity index is 2.58. The molecule has 0 bridgehead atoms. The molecule has 2 amide bonds. The van der Waals surface area contributed by atoms with E-state index < -0.39 is 0 Å². The molecule has 0 fully saturated rings. The minimum absolute atomic E-state index is 0.161. The minimum Gasteiger partial charge on any atom is -0.324 e. The molecule has 0 saturated carbocycles. The van der Waals surface area contributed by atoms with E-state index in [1.54, 1.807) is 4.90 Å². The number of nitrogens with one attached hydrogen (secondary N) is 1. The summed E-state index contributed by atoms with van der Waals surface area (Å²) in [5.41, 5.74) is 1.93. The second-order valence-corrected chi connectivity index (χ2v) is 3.78. The highest BCUT2D eigenvalue weighted by molar-refractivity contribution is 5.89. The molecule has 0 radical (unpaired) electrons. The Morgan fingerprint density at radius 2 is 2.06 bits per heavy atom. The molecule has 4 heteroatoms. The van der Waals surface area contributed by atoms with Crippen molar-refractivity contribution in [3.63, 3.8) is 0 Å². The van der Waals surface area contributed by atoms with Crippen molar-refractivity contribution in [3.8, 4) is 6.07 Å². The van der Waals surface area contributed by atoms with E-state index >= 15 is 0 Å². The van der Waals surface area contributed by atoms with Crippen molar-refractivity contribution in [2.75, 3.05) is 18.4 Å². The van der Waals surface area contributed by atoms with Gasteiger partial charge in [0.25, 0.3) is 0 Å². The molecule has 0 saturated heterocycles. The number of benzene rings is 1. The molecule has 90 valence electrons. The monoisotopic (exact) mass is 231 g/mol. The molecule has 0 aromatic heterocycles. The molecule has 0 atom stereocenters. The summed E-state index contributed by atoms with van der Waals surface area (Å²) in [7, 11) is 0. The first-order valence-corrected chi connectivity index (χ1v) is 5.67. The maximum absolute atomic E-state index is 11.8. The molecule has 1 aromatic rings. The lowest BCUT2D eigenvalue weighted by atomic mass is 10.2. The van der Waals surface area contributed by atoms with Gasteiger partial charge in [0.05, 0.1) is 12.5 Å². The summed E-state index contributed by atoms with van der Waals surface area (Å²) in [6.45, 7) is 4.95. The van der Waals surface area contributed by atoms with Gasteiger partial charge in [0.1, 0.15) is 0 Å². The van der Waals surface area contributed by atoms with Crippen LogP contribution in [0.15, 0.2) is 24.3 Å². The van der Waals surface area contributed by atoms with Gasteiger partial charge in [-0.25, -0.2) is 4.79 Å². The molecule has 1 rings (SSSR count). The summed E-state index contributed by atoms with van der Waals surface area (Å²) in [6.07, 6.45) is 0.356. The lowest BCUT2D eigenvalue weighted by Gasteiger charge is -2.20. The van der Waals surface area contributed by atoms with E-state index in [1.165, 1.54) is 0 Å². The largest absolute Gasteiger partial charge is 0.324 e. The quantitative estimate of drug-likeness (QED) is 0.866. The number of hydrogen-bond acceptors (Lipinski definition) is 2. The SMILES string of the molecule is CCN(CCC#N)C(=O)Nc1ccc(C)cc1. The van der Waals surface area contributed by atoms with Crippen LogP contribution >= 0.6 is 0 Å². The van der Waals surface area contributed by atoms with Gasteiger partial charge in [-0.05, 0) is 26.0 Å². The normalized spacial score (nSPS) is 9.47. The number of carbonyl (C=O) groups is 1. The van der Waals surface area contributed by atoms with Gasteiger partial charge in [-0.1, -0.05) is 17.7 Å². The number of nitrogens with zero attached hydrogens (tertiary/aromatic N) is 2. The Hall–Kier alpha value is -2.02. The van der Waals surface area contributed by atoms with Crippen LogP contribution in [-0.4, -0.2) is 24.0 Å². The van der Waals surface area contributed by atoms with Crippen LogP contribution in [0.5, 0.6) is 0 Å². The molecule has 1 N–H and O–H groups in total. The second-order valence-electron chi connectivity index (χ2n) is 3.78. The molecule has 0 unspecified atom stereocenters. The third-order valence-electron chi connectivity index (χ3n) is 2.47. The number of nitriles is 1. The Labute approximate surface area is 102 Å². The third-order valence-corrected chi connectivity index (χ3v) is 2.47. The number of amides is 2. The van der Waals surface area contributed by atoms with Crippen LogP contribution < -0.4 is 5.32 Å². The summed E-state index contributed by atoms with van der Waals surface area (Å²) >= 11 is 0. The molecule has 4 nitrogen and oxygen atoms in total. The zero-order chi connectivity index (χ0) is 12.7. The van der Waals surface area contributed by atoms with Crippen molar-refractivity contribution < 1.29 is 4.79 Å². The molecule has 1 aromatic carbocycles. The van der Waals surface area contributed by atoms with Crippen molar-refractivity contribution in [2.45, 2.75) is 20.3 Å². The van der Waals surface area contributed by atoms with Crippen molar-refractivity contribution in [1.29, 1.82) is 5.26 Å². The van der Waals surface area contributed by atoms with Crippen LogP contribution in [0.1, 0.15) is 18.9 Å². The number of hydrogen-bond donors (Lipinski definition) is 1. The van der Waals surface area contributed by atoms with Gasteiger partial charge in [-0.2, -0.15) is 5.26 Å². The highest BCUT2D eigenvalue weighted by Gasteiger charge is 2.10. The summed E-state index contributed by atoms with van der Waals surface area (Å²) in [5.74, 6) is 0. The average molecular weight is 231 g/mol. The highest BCUT2D eigenvalue weighted by atomic mass is 16.2. The van der Waals surface area contributed by atoms with Gasteiger partial charge in [0.15, 0.2) is 0 Å². The van der Waals surface area contributed by atoms with Gasteiger partial charge in [0, 0.05) is 18.8 Å². The fourth-order valence-electron chi connectivity index (χ4n) is 1.43. The lowest BCUT2D eigenvalue weighted by Crippen LogP contribution is -2.35. The maximum atomic E-state index is 11.8. The first-order valence-electron chi connectivity index (χ1n) is 5.67. The fraction of sp³-hybridized carbons (Fsp3) is 0.385. The van der Waals surface area contributed by atoms with E-state index in [0.29, 0.717) is 19.5 Å². The molecule has 17 heavy (non-hydrogen) atoms. The Kier molecular flexibility index (Phi) is 5.02. The summed E-state index contributed by atoms with van der Waals surface area (Å²) < 4.78 is 0. The van der Waals surface area contributed by atoms with Crippen molar-refractivity contribution in [3.05, 3.63) is 29.8 Å². The lowest BCUT2D eigenvalue weighted by molar-refractivity contribution is 0.215. The first-order chi connectivity index (χ1) is 8.17. The smallest absolute Gasteiger partial charge is 0.321 e. The van der Waals surface area contributed by atoms with Crippen LogP contribution in [-0.2, 0) is 0 Å². The molecule has 0 aliphatic carbocycles. The number of urea groups is 1. The van der Waals surface area contributed by atoms with Crippen LogP contribution in [0, 0.1) is 18.3 Å². The first kappa shape index (κ1) is 13.0. The number of rotatable bonds is 4. The van der Waals surface area contributed by atoms with Crippen LogP contribution in [0.3, 0.4) is 0 Å². The molecular weight excluding hydrogens is 214 g/mol. The van der Waals surface area contributed by atoms with E-state index in [1.807, 2.05) is 44.2 Å². The van der Waals surface area contributed by atoms with Crippen LogP contribution in [0.4, 0.5) is 10.5 Å². The van der Waals surface area contributed by atoms with Gasteiger partial charge in [-0.15, -0.1) is 0 Å². The van der Waals surface area contributed by atoms with E-state index in [-0.39, 0.29) is 6.03 Å². The van der Waals surface area contributed by atoms with Crippen molar-refractivity contribution in [1.82, 2.24) is 4.90 Å². The Morgan fingerprint density at radius 1 is 1.41 bits per heavy atom. The molecule has 0 spiro atoms. The zero-order valence-corrected chi connectivity index (χ0v) is 10.2. The zero-order valence-electron chi connectivity index (χ0n) is 10.2. The number of carbonyl (C=O) groups excluding carboxylic acids is 1. The van der Waals surface area contributed by atoms with Gasteiger partial charge in [-0.3, -0.25) is 0 Å². The maximum Gasteiger partial charge on any atom is 0.321 e. The predicted octanol–water partition coefficient (Wildman–Crippen LogP) is 2.76. The minimum atomic E-state index is -0.161. The predicted molar refractivity (Wildman–Crippen MR) is 67.7 cm³/mol. The second kappa shape index (κ2) is 6.54. The van der Waals surface area contributed by atoms with E-state index in [2.05, 4.69) is 5.32 Å². The van der Waals surface area contributed by atoms with Gasteiger partial charge >= 0.3 is 6.03 Å². The van der Waals surface area contributed by atoms with E-state index in [9.17, 15) is 4.79 Å². The number of anilines is 1. The van der Waals surface area contributed by atoms with E-state index in [0.717, 1.165) is 11.3 Å². The van der Waals surface area contributed by atoms with Crippen molar-refractivity contribution >= 4 is 11.7 Å². The molecular formula is C13H17N3O. The molecule has 0 aliphatic heterocycles. The topological polar surface area (TPSA) is 56.1 Å². The van der Waals surface area contributed by atoms with E-state index in [4.69, 9.17) is 5.26 Å². The fourth-order valence-corrected chi connectivity index (χ4v) is 1.43. The Morgan fingerprint density at radius 3 is 2.59 bits per heavy atom. The van der Waals surface area contributed by atoms with Gasteiger partial charge < -0.3 is 10.2 Å². The molecule has 0 aliphatic rings. The average Bonchev–Trinajstić information content (AvgIpc) is 2.33. The summed E-state index contributed by atoms with van der Waals surface area (Å²) in [5, 5.41) is 11.3. The third kappa shape index (κ3) is 4.15. The Bertz CT molecular complexity index is 406. The molecule has 0 heterocycles. The highest BCUT2D eigenvalue weighted by Crippen LogP contribution is 2.09. The van der Waals surface area contributed by atoms with Crippen LogP contribution in [0.25, 0.3) is 0 Å². The number of aryl methyl sites for hydroxylation is 1. The van der Waals surface area contributed by atoms with Crippen molar-refractivity contribution in [2.24, 2.45) is 0 Å². The van der Waals surface area contributed by atoms with Crippen LogP contribution in [0.2, 0.25) is 0 Å². The van der Waals surface area contributed by atoms with Gasteiger partial charge in [0.2, 0.25) is 0 Å². The summed E-state index contributed by atoms with van der Waals surface area (Å²) in [4.78, 5) is 13.5. The standard InChI is InChI=1S/C13H17N3O/c1-3-16(10-4-9-14)13(17)15-12-7-5-11(2)6-8-12/h5-8H,3-4,10H2,1-2H3,(H,15,17). The summed E-state index contributed by atoms with van der Waals surface area (Å²) in [6, 6.07) is 9.50.